The molecule has 2 aliphatic rings. The lowest BCUT2D eigenvalue weighted by atomic mass is 9.71. The van der Waals surface area contributed by atoms with Crippen molar-refractivity contribution < 1.29 is 9.18 Å². The molecule has 0 heterocycles. The molecule has 1 nitrogen and oxygen atoms in total. The number of carbonyl (C=O) groups excluding carboxylic acids is 1. The second kappa shape index (κ2) is 5.60. The quantitative estimate of drug-likeness (QED) is 0.692. The molecule has 0 radical (unpaired) electrons. The molecule has 0 unspecified atom stereocenters. The fourth-order valence-electron chi connectivity index (χ4n) is 3.35. The third-order valence-electron chi connectivity index (χ3n) is 4.42. The first-order chi connectivity index (χ1) is 7.79. The third-order valence-corrected chi connectivity index (χ3v) is 4.42. The predicted octanol–water partition coefficient (Wildman–Crippen LogP) is 4.04. The van der Waals surface area contributed by atoms with E-state index in [4.69, 9.17) is 0 Å². The Morgan fingerprint density at radius 3 is 2.06 bits per heavy atom. The molecule has 0 spiro atoms. The number of carbonyl (C=O) groups is 1. The zero-order chi connectivity index (χ0) is 11.4. The van der Waals surface area contributed by atoms with Gasteiger partial charge in [-0.2, -0.15) is 0 Å². The molecule has 0 atom stereocenters. The Labute approximate surface area is 97.1 Å². The second-order valence-electron chi connectivity index (χ2n) is 5.37. The highest BCUT2D eigenvalue weighted by Gasteiger charge is 2.29. The molecule has 0 saturated heterocycles. The number of hydrogen-bond donors (Lipinski definition) is 0. The van der Waals surface area contributed by atoms with Crippen LogP contribution in [-0.2, 0) is 4.79 Å². The molecule has 0 amide bonds. The highest BCUT2D eigenvalue weighted by Crippen LogP contribution is 2.39. The molecular formula is C14H21FO. The first-order valence-electron chi connectivity index (χ1n) is 6.58. The standard InChI is InChI=1S/C14H21FO/c15-10-9-11-1-3-12(4-2-11)13-5-7-14(16)8-6-13/h9-13H,1-8H2/b10-9+. The summed E-state index contributed by atoms with van der Waals surface area (Å²) >= 11 is 0. The monoisotopic (exact) mass is 224 g/mol. The van der Waals surface area contributed by atoms with Crippen LogP contribution in [0.4, 0.5) is 4.39 Å². The van der Waals surface area contributed by atoms with Crippen LogP contribution >= 0.6 is 0 Å². The van der Waals surface area contributed by atoms with Gasteiger partial charge in [-0.3, -0.25) is 4.79 Å². The molecule has 0 aromatic carbocycles. The van der Waals surface area contributed by atoms with Crippen molar-refractivity contribution >= 4 is 5.78 Å². The number of hydrogen-bond acceptors (Lipinski definition) is 1. The Balaban J connectivity index is 1.78. The Kier molecular flexibility index (Phi) is 4.14. The third kappa shape index (κ3) is 2.93. The van der Waals surface area contributed by atoms with Crippen molar-refractivity contribution in [2.24, 2.45) is 17.8 Å². The van der Waals surface area contributed by atoms with Crippen LogP contribution < -0.4 is 0 Å². The van der Waals surface area contributed by atoms with E-state index in [0.717, 1.165) is 50.4 Å². The average molecular weight is 224 g/mol. The fraction of sp³-hybridized carbons (Fsp3) is 0.786. The van der Waals surface area contributed by atoms with Crippen LogP contribution in [0.1, 0.15) is 51.4 Å². The van der Waals surface area contributed by atoms with Crippen LogP contribution in [0.2, 0.25) is 0 Å². The van der Waals surface area contributed by atoms with E-state index in [1.54, 1.807) is 6.08 Å². The summed E-state index contributed by atoms with van der Waals surface area (Å²) in [6, 6.07) is 0. The van der Waals surface area contributed by atoms with Gasteiger partial charge >= 0.3 is 0 Å². The number of halogens is 1. The van der Waals surface area contributed by atoms with E-state index in [9.17, 15) is 9.18 Å². The van der Waals surface area contributed by atoms with Gasteiger partial charge in [0.15, 0.2) is 0 Å². The molecule has 2 aliphatic carbocycles. The van der Waals surface area contributed by atoms with Gasteiger partial charge in [-0.25, -0.2) is 4.39 Å². The van der Waals surface area contributed by atoms with E-state index in [1.807, 2.05) is 0 Å². The number of rotatable bonds is 2. The van der Waals surface area contributed by atoms with Crippen molar-refractivity contribution in [3.63, 3.8) is 0 Å². The molecule has 0 N–H and O–H groups in total. The molecule has 2 saturated carbocycles. The van der Waals surface area contributed by atoms with Crippen molar-refractivity contribution in [1.82, 2.24) is 0 Å². The largest absolute Gasteiger partial charge is 0.300 e. The van der Waals surface area contributed by atoms with E-state index in [-0.39, 0.29) is 0 Å². The minimum atomic E-state index is 0.449. The molecular weight excluding hydrogens is 203 g/mol. The number of Topliss-reactive ketones (excluding diaryl/α,β-unsaturated/α-hetero) is 1. The van der Waals surface area contributed by atoms with Gasteiger partial charge < -0.3 is 0 Å². The van der Waals surface area contributed by atoms with E-state index in [2.05, 4.69) is 0 Å². The Bertz CT molecular complexity index is 254. The first-order valence-corrected chi connectivity index (χ1v) is 6.58. The average Bonchev–Trinajstić information content (AvgIpc) is 2.32. The minimum absolute atomic E-state index is 0.449. The SMILES string of the molecule is O=C1CCC(C2CCC(/C=C/F)CC2)CC1. The van der Waals surface area contributed by atoms with Crippen LogP contribution in [0.15, 0.2) is 12.4 Å². The minimum Gasteiger partial charge on any atom is -0.300 e. The van der Waals surface area contributed by atoms with E-state index in [1.165, 1.54) is 12.8 Å². The van der Waals surface area contributed by atoms with Crippen LogP contribution in [0.25, 0.3) is 0 Å². The molecule has 2 rings (SSSR count). The smallest absolute Gasteiger partial charge is 0.132 e. The summed E-state index contributed by atoms with van der Waals surface area (Å²) in [6.07, 6.45) is 10.9. The summed E-state index contributed by atoms with van der Waals surface area (Å²) in [5, 5.41) is 0. The Morgan fingerprint density at radius 1 is 0.938 bits per heavy atom. The Hall–Kier alpha value is -0.660. The molecule has 2 heteroatoms. The fourth-order valence-corrected chi connectivity index (χ4v) is 3.35. The summed E-state index contributed by atoms with van der Waals surface area (Å²) < 4.78 is 12.1. The van der Waals surface area contributed by atoms with Gasteiger partial charge in [0, 0.05) is 12.8 Å². The van der Waals surface area contributed by atoms with E-state index < -0.39 is 0 Å². The second-order valence-corrected chi connectivity index (χ2v) is 5.37. The topological polar surface area (TPSA) is 17.1 Å². The van der Waals surface area contributed by atoms with Crippen LogP contribution in [0.3, 0.4) is 0 Å². The first kappa shape index (κ1) is 11.8. The molecule has 90 valence electrons. The van der Waals surface area contributed by atoms with E-state index in [0.29, 0.717) is 18.0 Å². The lowest BCUT2D eigenvalue weighted by Gasteiger charge is -2.34. The van der Waals surface area contributed by atoms with Gasteiger partial charge in [0.25, 0.3) is 0 Å². The number of allylic oxidation sites excluding steroid dienone is 1. The van der Waals surface area contributed by atoms with Gasteiger partial charge in [-0.15, -0.1) is 0 Å². The summed E-state index contributed by atoms with van der Waals surface area (Å²) in [4.78, 5) is 11.2. The van der Waals surface area contributed by atoms with Gasteiger partial charge in [-0.1, -0.05) is 6.08 Å². The van der Waals surface area contributed by atoms with Crippen molar-refractivity contribution in [2.45, 2.75) is 51.4 Å². The van der Waals surface area contributed by atoms with Gasteiger partial charge in [0.05, 0.1) is 6.33 Å². The normalized spacial score (nSPS) is 33.4. The van der Waals surface area contributed by atoms with Gasteiger partial charge in [0.2, 0.25) is 0 Å². The van der Waals surface area contributed by atoms with Crippen molar-refractivity contribution in [1.29, 1.82) is 0 Å². The summed E-state index contributed by atoms with van der Waals surface area (Å²) in [5.41, 5.74) is 0. The van der Waals surface area contributed by atoms with Crippen LogP contribution in [-0.4, -0.2) is 5.78 Å². The van der Waals surface area contributed by atoms with Crippen LogP contribution in [0.5, 0.6) is 0 Å². The van der Waals surface area contributed by atoms with Gasteiger partial charge in [0.1, 0.15) is 5.78 Å². The summed E-state index contributed by atoms with van der Waals surface area (Å²) in [7, 11) is 0. The maximum atomic E-state index is 12.1. The zero-order valence-corrected chi connectivity index (χ0v) is 9.83. The molecule has 0 aromatic heterocycles. The lowest BCUT2D eigenvalue weighted by molar-refractivity contribution is -0.121. The highest BCUT2D eigenvalue weighted by molar-refractivity contribution is 5.79. The maximum absolute atomic E-state index is 12.1. The molecule has 0 aliphatic heterocycles. The number of ketones is 1. The maximum Gasteiger partial charge on any atom is 0.132 e. The van der Waals surface area contributed by atoms with Crippen molar-refractivity contribution in [3.05, 3.63) is 12.4 Å². The molecule has 2 fully saturated rings. The predicted molar refractivity (Wildman–Crippen MR) is 62.7 cm³/mol. The molecule has 0 bridgehead atoms. The Morgan fingerprint density at radius 2 is 1.50 bits per heavy atom. The van der Waals surface area contributed by atoms with Gasteiger partial charge in [-0.05, 0) is 56.3 Å². The van der Waals surface area contributed by atoms with E-state index >= 15 is 0 Å². The lowest BCUT2D eigenvalue weighted by Crippen LogP contribution is -2.25. The van der Waals surface area contributed by atoms with Crippen molar-refractivity contribution in [2.75, 3.05) is 0 Å². The van der Waals surface area contributed by atoms with Crippen LogP contribution in [0, 0.1) is 17.8 Å². The molecule has 0 aromatic rings. The van der Waals surface area contributed by atoms with Crippen molar-refractivity contribution in [3.8, 4) is 0 Å². The summed E-state index contributed by atoms with van der Waals surface area (Å²) in [6.45, 7) is 0. The summed E-state index contributed by atoms with van der Waals surface area (Å²) in [5.74, 6) is 2.49. The molecule has 16 heavy (non-hydrogen) atoms. The zero-order valence-electron chi connectivity index (χ0n) is 9.83. The highest BCUT2D eigenvalue weighted by atomic mass is 19.1.